The Bertz CT molecular complexity index is 435. The third-order valence-corrected chi connectivity index (χ3v) is 4.26. The van der Waals surface area contributed by atoms with Crippen molar-refractivity contribution in [1.29, 1.82) is 0 Å². The third-order valence-electron chi connectivity index (χ3n) is 3.24. The highest BCUT2D eigenvalue weighted by molar-refractivity contribution is 8.13. The van der Waals surface area contributed by atoms with E-state index in [-0.39, 0.29) is 11.0 Å². The van der Waals surface area contributed by atoms with Crippen molar-refractivity contribution in [2.24, 2.45) is 5.92 Å². The van der Waals surface area contributed by atoms with Crippen LogP contribution in [-0.4, -0.2) is 19.9 Å². The first-order valence-corrected chi connectivity index (χ1v) is 7.26. The molecule has 0 atom stereocenters. The zero-order valence-corrected chi connectivity index (χ0v) is 10.9. The fraction of sp³-hybridized carbons (Fsp3) is 0.750. The number of carbonyl (C=O) groups is 1. The van der Waals surface area contributed by atoms with Crippen molar-refractivity contribution in [3.8, 4) is 0 Å². The number of hydrogen-bond acceptors (Lipinski definition) is 4. The normalized spacial score (nSPS) is 19.6. The maximum atomic E-state index is 11.8. The van der Waals surface area contributed by atoms with E-state index in [1.165, 1.54) is 24.6 Å². The van der Waals surface area contributed by atoms with Crippen LogP contribution in [0.3, 0.4) is 0 Å². The van der Waals surface area contributed by atoms with Gasteiger partial charge in [-0.3, -0.25) is 4.79 Å². The number of carbonyl (C=O) groups excluding carboxylic acids is 1. The van der Waals surface area contributed by atoms with Crippen LogP contribution < -0.4 is 0 Å². The summed E-state index contributed by atoms with van der Waals surface area (Å²) in [6.07, 6.45) is 5.63. The van der Waals surface area contributed by atoms with Crippen LogP contribution in [0.5, 0.6) is 0 Å². The topological polar surface area (TPSA) is 47.8 Å². The van der Waals surface area contributed by atoms with E-state index in [9.17, 15) is 4.79 Å². The minimum Gasteiger partial charge on any atom is -0.305 e. The standard InChI is InChI=1S/C12H17N3OS/c1-2-7-15-10(8-3-4-8)13-14-12(15)17-11(16)9-5-6-9/h8-9H,2-7H2,1H3. The molecule has 4 nitrogen and oxygen atoms in total. The highest BCUT2D eigenvalue weighted by Gasteiger charge is 2.34. The summed E-state index contributed by atoms with van der Waals surface area (Å²) in [5, 5.41) is 9.56. The van der Waals surface area contributed by atoms with Gasteiger partial charge in [-0.25, -0.2) is 0 Å². The van der Waals surface area contributed by atoms with Crippen LogP contribution in [0, 0.1) is 5.92 Å². The van der Waals surface area contributed by atoms with Gasteiger partial charge in [0.05, 0.1) is 0 Å². The molecule has 2 aliphatic carbocycles. The van der Waals surface area contributed by atoms with Gasteiger partial charge >= 0.3 is 0 Å². The molecule has 1 aromatic heterocycles. The van der Waals surface area contributed by atoms with Crippen LogP contribution in [0.1, 0.15) is 50.8 Å². The first-order chi connectivity index (χ1) is 8.29. The Morgan fingerprint density at radius 1 is 1.35 bits per heavy atom. The second-order valence-corrected chi connectivity index (χ2v) is 5.93. The molecule has 0 aliphatic heterocycles. The molecule has 3 rings (SSSR count). The Kier molecular flexibility index (Phi) is 2.94. The van der Waals surface area contributed by atoms with Crippen molar-refractivity contribution in [3.63, 3.8) is 0 Å². The summed E-state index contributed by atoms with van der Waals surface area (Å²) in [6.45, 7) is 3.08. The molecule has 0 aromatic carbocycles. The molecule has 0 saturated heterocycles. The van der Waals surface area contributed by atoms with Gasteiger partial charge in [0.2, 0.25) is 0 Å². The molecule has 0 N–H and O–H groups in total. The Morgan fingerprint density at radius 2 is 2.12 bits per heavy atom. The van der Waals surface area contributed by atoms with Crippen molar-refractivity contribution in [1.82, 2.24) is 14.8 Å². The van der Waals surface area contributed by atoms with Crippen LogP contribution >= 0.6 is 11.8 Å². The van der Waals surface area contributed by atoms with E-state index in [4.69, 9.17) is 0 Å². The number of nitrogens with zero attached hydrogens (tertiary/aromatic N) is 3. The van der Waals surface area contributed by atoms with Crippen LogP contribution in [-0.2, 0) is 11.3 Å². The van der Waals surface area contributed by atoms with Crippen LogP contribution in [0.4, 0.5) is 0 Å². The van der Waals surface area contributed by atoms with E-state index >= 15 is 0 Å². The Balaban J connectivity index is 1.79. The van der Waals surface area contributed by atoms with Gasteiger partial charge in [0, 0.05) is 18.4 Å². The van der Waals surface area contributed by atoms with Crippen LogP contribution in [0.15, 0.2) is 5.16 Å². The van der Waals surface area contributed by atoms with Gasteiger partial charge in [0.25, 0.3) is 0 Å². The van der Waals surface area contributed by atoms with Gasteiger partial charge in [0.15, 0.2) is 10.3 Å². The maximum absolute atomic E-state index is 11.8. The van der Waals surface area contributed by atoms with Gasteiger partial charge in [-0.05, 0) is 43.9 Å². The molecule has 2 saturated carbocycles. The van der Waals surface area contributed by atoms with Crippen molar-refractivity contribution >= 4 is 16.9 Å². The number of rotatable bonds is 5. The van der Waals surface area contributed by atoms with Gasteiger partial charge < -0.3 is 4.57 Å². The van der Waals surface area contributed by atoms with E-state index in [2.05, 4.69) is 21.7 Å². The van der Waals surface area contributed by atoms with E-state index in [0.717, 1.165) is 36.8 Å². The molecule has 17 heavy (non-hydrogen) atoms. The SMILES string of the molecule is CCCn1c(SC(=O)C2CC2)nnc1C1CC1. The number of aromatic nitrogens is 3. The summed E-state index contributed by atoms with van der Waals surface area (Å²) in [7, 11) is 0. The molecule has 1 heterocycles. The Labute approximate surface area is 105 Å². The third kappa shape index (κ3) is 2.39. The largest absolute Gasteiger partial charge is 0.305 e. The summed E-state index contributed by atoms with van der Waals surface area (Å²) < 4.78 is 2.16. The van der Waals surface area contributed by atoms with Gasteiger partial charge in [-0.15, -0.1) is 10.2 Å². The first-order valence-electron chi connectivity index (χ1n) is 6.44. The fourth-order valence-corrected chi connectivity index (χ4v) is 2.90. The van der Waals surface area contributed by atoms with Crippen molar-refractivity contribution < 1.29 is 4.79 Å². The molecule has 1 aromatic rings. The second-order valence-electron chi connectivity index (χ2n) is 4.96. The molecular formula is C12H17N3OS. The number of thioether (sulfide) groups is 1. The summed E-state index contributed by atoms with van der Waals surface area (Å²) in [6, 6.07) is 0. The zero-order valence-electron chi connectivity index (χ0n) is 10.1. The van der Waals surface area contributed by atoms with E-state index < -0.39 is 0 Å². The summed E-state index contributed by atoms with van der Waals surface area (Å²) in [5.74, 6) is 1.98. The molecule has 0 amide bonds. The molecule has 0 unspecified atom stereocenters. The Morgan fingerprint density at radius 3 is 2.71 bits per heavy atom. The smallest absolute Gasteiger partial charge is 0.199 e. The van der Waals surface area contributed by atoms with Crippen LogP contribution in [0.2, 0.25) is 0 Å². The lowest BCUT2D eigenvalue weighted by Gasteiger charge is -2.07. The molecule has 0 spiro atoms. The maximum Gasteiger partial charge on any atom is 0.199 e. The van der Waals surface area contributed by atoms with Crippen LogP contribution in [0.25, 0.3) is 0 Å². The second kappa shape index (κ2) is 4.44. The molecule has 92 valence electrons. The van der Waals surface area contributed by atoms with E-state index in [1.807, 2.05) is 0 Å². The molecule has 0 radical (unpaired) electrons. The predicted octanol–water partition coefficient (Wildman–Crippen LogP) is 2.59. The predicted molar refractivity (Wildman–Crippen MR) is 65.9 cm³/mol. The lowest BCUT2D eigenvalue weighted by Crippen LogP contribution is -2.05. The average molecular weight is 251 g/mol. The minimum atomic E-state index is 0.275. The quantitative estimate of drug-likeness (QED) is 0.755. The van der Waals surface area contributed by atoms with Crippen molar-refractivity contribution in [2.45, 2.75) is 56.6 Å². The summed E-state index contributed by atoms with van der Waals surface area (Å²) in [5.41, 5.74) is 0. The first kappa shape index (κ1) is 11.3. The lowest BCUT2D eigenvalue weighted by molar-refractivity contribution is -0.112. The van der Waals surface area contributed by atoms with E-state index in [1.54, 1.807) is 0 Å². The fourth-order valence-electron chi connectivity index (χ4n) is 1.95. The van der Waals surface area contributed by atoms with Gasteiger partial charge in [0.1, 0.15) is 5.82 Å². The monoisotopic (exact) mass is 251 g/mol. The number of hydrogen-bond donors (Lipinski definition) is 0. The summed E-state index contributed by atoms with van der Waals surface area (Å²) >= 11 is 1.30. The molecule has 5 heteroatoms. The highest BCUT2D eigenvalue weighted by Crippen LogP contribution is 2.41. The Hall–Kier alpha value is -0.840. The molecule has 0 bridgehead atoms. The lowest BCUT2D eigenvalue weighted by atomic mass is 10.4. The average Bonchev–Trinajstić information content (AvgIpc) is 3.20. The molecular weight excluding hydrogens is 234 g/mol. The van der Waals surface area contributed by atoms with Crippen molar-refractivity contribution in [2.75, 3.05) is 0 Å². The molecule has 2 fully saturated rings. The summed E-state index contributed by atoms with van der Waals surface area (Å²) in [4.78, 5) is 11.8. The zero-order chi connectivity index (χ0) is 11.8. The van der Waals surface area contributed by atoms with E-state index in [0.29, 0.717) is 5.92 Å². The van der Waals surface area contributed by atoms with Gasteiger partial charge in [-0.1, -0.05) is 6.92 Å². The van der Waals surface area contributed by atoms with Gasteiger partial charge in [-0.2, -0.15) is 0 Å². The highest BCUT2D eigenvalue weighted by atomic mass is 32.2. The minimum absolute atomic E-state index is 0.275. The van der Waals surface area contributed by atoms with Crippen molar-refractivity contribution in [3.05, 3.63) is 5.82 Å². The molecule has 2 aliphatic rings.